The molecule has 0 bridgehead atoms. The number of aromatic amines is 1. The second-order valence-electron chi connectivity index (χ2n) is 2.61. The molecule has 0 aromatic carbocycles. The van der Waals surface area contributed by atoms with Crippen LogP contribution >= 0.6 is 11.6 Å². The summed E-state index contributed by atoms with van der Waals surface area (Å²) in [6.45, 7) is 0.908. The molecule has 1 rings (SSSR count). The van der Waals surface area contributed by atoms with Crippen LogP contribution in [0.25, 0.3) is 0 Å². The van der Waals surface area contributed by atoms with Crippen LogP contribution in [0.2, 0.25) is 0 Å². The molecule has 8 heteroatoms. The van der Waals surface area contributed by atoms with Gasteiger partial charge in [-0.2, -0.15) is 0 Å². The Labute approximate surface area is 93.0 Å². The monoisotopic (exact) mass is 253 g/mol. The molecule has 0 saturated heterocycles. The summed E-state index contributed by atoms with van der Waals surface area (Å²) in [4.78, 5) is 6.13. The van der Waals surface area contributed by atoms with Gasteiger partial charge < -0.3 is 9.72 Å². The van der Waals surface area contributed by atoms with Crippen molar-refractivity contribution in [3.63, 3.8) is 0 Å². The van der Waals surface area contributed by atoms with E-state index in [2.05, 4.69) is 14.7 Å². The maximum absolute atomic E-state index is 11.5. The summed E-state index contributed by atoms with van der Waals surface area (Å²) in [6.07, 6.45) is 2.54. The van der Waals surface area contributed by atoms with E-state index in [0.29, 0.717) is 19.1 Å². The highest BCUT2D eigenvalue weighted by atomic mass is 35.5. The van der Waals surface area contributed by atoms with Gasteiger partial charge in [0.1, 0.15) is 0 Å². The topological polar surface area (TPSA) is 84.1 Å². The number of imidazole rings is 1. The van der Waals surface area contributed by atoms with Gasteiger partial charge in [0.15, 0.2) is 5.03 Å². The summed E-state index contributed by atoms with van der Waals surface area (Å²) in [5.41, 5.74) is 0. The van der Waals surface area contributed by atoms with Crippen molar-refractivity contribution in [2.75, 3.05) is 25.6 Å². The van der Waals surface area contributed by atoms with E-state index < -0.39 is 10.0 Å². The number of halogens is 1. The molecule has 0 aliphatic rings. The van der Waals surface area contributed by atoms with Crippen molar-refractivity contribution in [1.29, 1.82) is 0 Å². The van der Waals surface area contributed by atoms with Gasteiger partial charge in [-0.3, -0.25) is 0 Å². The number of ether oxygens (including phenoxy) is 1. The van der Waals surface area contributed by atoms with E-state index in [1.807, 2.05) is 0 Å². The van der Waals surface area contributed by atoms with Crippen LogP contribution in [0.1, 0.15) is 0 Å². The first-order valence-electron chi connectivity index (χ1n) is 4.28. The SMILES string of the molecule is O=S(=O)(NCCOCCCl)c1cnc[nH]1. The van der Waals surface area contributed by atoms with Crippen molar-refractivity contribution in [2.45, 2.75) is 5.03 Å². The third-order valence-electron chi connectivity index (χ3n) is 1.52. The van der Waals surface area contributed by atoms with Gasteiger partial charge in [0.05, 0.1) is 25.7 Å². The molecular formula is C7H12ClN3O3S. The summed E-state index contributed by atoms with van der Waals surface area (Å²) < 4.78 is 30.3. The van der Waals surface area contributed by atoms with Crippen LogP contribution in [0.5, 0.6) is 0 Å². The zero-order valence-corrected chi connectivity index (χ0v) is 9.51. The molecule has 1 aromatic heterocycles. The first-order valence-corrected chi connectivity index (χ1v) is 6.30. The zero-order chi connectivity index (χ0) is 11.1. The molecule has 0 amide bonds. The highest BCUT2D eigenvalue weighted by Crippen LogP contribution is 2.00. The van der Waals surface area contributed by atoms with Crippen molar-refractivity contribution < 1.29 is 13.2 Å². The minimum absolute atomic E-state index is 0.0415. The third kappa shape index (κ3) is 4.17. The Kier molecular flexibility index (Phi) is 5.03. The molecule has 86 valence electrons. The Morgan fingerprint density at radius 3 is 2.93 bits per heavy atom. The number of hydrogen-bond acceptors (Lipinski definition) is 4. The first-order chi connectivity index (χ1) is 7.17. The number of hydrogen-bond donors (Lipinski definition) is 2. The molecule has 2 N–H and O–H groups in total. The normalized spacial score (nSPS) is 11.8. The molecular weight excluding hydrogens is 242 g/mol. The molecule has 0 atom stereocenters. The number of rotatable bonds is 7. The van der Waals surface area contributed by atoms with Crippen molar-refractivity contribution in [1.82, 2.24) is 14.7 Å². The Balaban J connectivity index is 2.32. The standard InChI is InChI=1S/C7H12ClN3O3S/c8-1-3-14-4-2-11-15(12,13)7-5-9-6-10-7/h5-6,11H,1-4H2,(H,9,10). The number of nitrogens with one attached hydrogen (secondary N) is 2. The lowest BCUT2D eigenvalue weighted by Gasteiger charge is -2.04. The molecule has 0 radical (unpaired) electrons. The maximum atomic E-state index is 11.5. The Bertz CT molecular complexity index is 365. The summed E-state index contributed by atoms with van der Waals surface area (Å²) in [7, 11) is -3.49. The maximum Gasteiger partial charge on any atom is 0.257 e. The Morgan fingerprint density at radius 2 is 2.33 bits per heavy atom. The quantitative estimate of drug-likeness (QED) is 0.527. The fraction of sp³-hybridized carbons (Fsp3) is 0.571. The van der Waals surface area contributed by atoms with Crippen molar-refractivity contribution in [2.24, 2.45) is 0 Å². The van der Waals surface area contributed by atoms with Gasteiger partial charge in [-0.1, -0.05) is 0 Å². The molecule has 0 aliphatic heterocycles. The van der Waals surface area contributed by atoms with Crippen molar-refractivity contribution in [3.8, 4) is 0 Å². The van der Waals surface area contributed by atoms with E-state index in [1.54, 1.807) is 0 Å². The molecule has 0 aliphatic carbocycles. The number of nitrogens with zero attached hydrogens (tertiary/aromatic N) is 1. The summed E-state index contributed by atoms with van der Waals surface area (Å²) in [6, 6.07) is 0. The van der Waals surface area contributed by atoms with Crippen molar-refractivity contribution >= 4 is 21.6 Å². The molecule has 0 unspecified atom stereocenters. The summed E-state index contributed by atoms with van der Waals surface area (Å²) in [5, 5.41) is 0.0415. The first kappa shape index (κ1) is 12.4. The molecule has 1 aromatic rings. The highest BCUT2D eigenvalue weighted by Gasteiger charge is 2.13. The van der Waals surface area contributed by atoms with E-state index in [-0.39, 0.29) is 11.6 Å². The number of alkyl halides is 1. The lowest BCUT2D eigenvalue weighted by molar-refractivity contribution is 0.155. The summed E-state index contributed by atoms with van der Waals surface area (Å²) >= 11 is 5.37. The van der Waals surface area contributed by atoms with Crippen molar-refractivity contribution in [3.05, 3.63) is 12.5 Å². The van der Waals surface area contributed by atoms with Crippen LogP contribution in [0.4, 0.5) is 0 Å². The van der Waals surface area contributed by atoms with Gasteiger partial charge in [0.2, 0.25) is 0 Å². The van der Waals surface area contributed by atoms with Gasteiger partial charge in [-0.15, -0.1) is 11.6 Å². The predicted octanol–water partition coefficient (Wildman–Crippen LogP) is -0.0566. The van der Waals surface area contributed by atoms with E-state index in [0.717, 1.165) is 0 Å². The average Bonchev–Trinajstić information content (AvgIpc) is 2.70. The third-order valence-corrected chi connectivity index (χ3v) is 3.06. The number of aromatic nitrogens is 2. The van der Waals surface area contributed by atoms with Crippen LogP contribution in [0.3, 0.4) is 0 Å². The fourth-order valence-electron chi connectivity index (χ4n) is 0.873. The fourth-order valence-corrected chi connectivity index (χ4v) is 1.90. The van der Waals surface area contributed by atoms with Gasteiger partial charge >= 0.3 is 0 Å². The van der Waals surface area contributed by atoms with Gasteiger partial charge in [0.25, 0.3) is 10.0 Å². The molecule has 0 saturated carbocycles. The van der Waals surface area contributed by atoms with Crippen LogP contribution in [0, 0.1) is 0 Å². The van der Waals surface area contributed by atoms with E-state index in [9.17, 15) is 8.42 Å². The zero-order valence-electron chi connectivity index (χ0n) is 7.94. The van der Waals surface area contributed by atoms with Crippen LogP contribution in [0.15, 0.2) is 17.6 Å². The van der Waals surface area contributed by atoms with Gasteiger partial charge in [0, 0.05) is 12.4 Å². The minimum Gasteiger partial charge on any atom is -0.379 e. The largest absolute Gasteiger partial charge is 0.379 e. The second kappa shape index (κ2) is 6.06. The molecule has 1 heterocycles. The minimum atomic E-state index is -3.49. The van der Waals surface area contributed by atoms with E-state index in [1.165, 1.54) is 12.5 Å². The molecule has 6 nitrogen and oxygen atoms in total. The molecule has 0 fully saturated rings. The lowest BCUT2D eigenvalue weighted by atomic mass is 10.7. The lowest BCUT2D eigenvalue weighted by Crippen LogP contribution is -2.27. The van der Waals surface area contributed by atoms with Crippen LogP contribution in [-0.4, -0.2) is 44.0 Å². The van der Waals surface area contributed by atoms with Crippen LogP contribution < -0.4 is 4.72 Å². The van der Waals surface area contributed by atoms with Gasteiger partial charge in [-0.25, -0.2) is 18.1 Å². The second-order valence-corrected chi connectivity index (χ2v) is 4.73. The van der Waals surface area contributed by atoms with Crippen LogP contribution in [-0.2, 0) is 14.8 Å². The molecule has 0 spiro atoms. The Morgan fingerprint density at radius 1 is 1.53 bits per heavy atom. The summed E-state index contributed by atoms with van der Waals surface area (Å²) in [5.74, 6) is 0.396. The van der Waals surface area contributed by atoms with E-state index >= 15 is 0 Å². The highest BCUT2D eigenvalue weighted by molar-refractivity contribution is 7.89. The smallest absolute Gasteiger partial charge is 0.257 e. The molecule has 15 heavy (non-hydrogen) atoms. The number of H-pyrrole nitrogens is 1. The Hall–Kier alpha value is -0.630. The van der Waals surface area contributed by atoms with Gasteiger partial charge in [-0.05, 0) is 0 Å². The van der Waals surface area contributed by atoms with E-state index in [4.69, 9.17) is 16.3 Å². The number of sulfonamides is 1. The average molecular weight is 254 g/mol. The predicted molar refractivity (Wildman–Crippen MR) is 55.3 cm³/mol.